The summed E-state index contributed by atoms with van der Waals surface area (Å²) in [7, 11) is 1.45. The number of carbonyl (C=O) groups excluding carboxylic acids is 1. The molecule has 258 valence electrons. The zero-order valence-corrected chi connectivity index (χ0v) is 30.3. The minimum atomic E-state index is -4.44. The van der Waals surface area contributed by atoms with Crippen LogP contribution in [-0.4, -0.2) is 32.8 Å². The molecule has 1 unspecified atom stereocenters. The van der Waals surface area contributed by atoms with Crippen molar-refractivity contribution in [1.82, 2.24) is 15.0 Å². The van der Waals surface area contributed by atoms with Crippen LogP contribution in [0.4, 0.5) is 13.2 Å². The Morgan fingerprint density at radius 1 is 0.939 bits per heavy atom. The summed E-state index contributed by atoms with van der Waals surface area (Å²) in [6.45, 7) is 10.7. The number of methoxy groups -OCH3 is 1. The molecule has 0 saturated carbocycles. The van der Waals surface area contributed by atoms with Gasteiger partial charge in [-0.25, -0.2) is 0 Å². The highest BCUT2D eigenvalue weighted by molar-refractivity contribution is 8.01. The summed E-state index contributed by atoms with van der Waals surface area (Å²) in [6, 6.07) is 22.6. The number of ether oxygens (including phenoxy) is 1. The highest BCUT2D eigenvalue weighted by atomic mass is 32.2. The SMILES string of the molecule is CCC(CC)(C(=O)OC)C(Cc1ccc(-c2ccc(C(F)(F)F)cn2)cc1)c1[nH]c2ccc(SCc3ccccn3)cc2c1SC(C)(C)C. The standard InChI is InChI=1S/C39H42F3N3O2S2/c1-7-38(8-2,36(46)47-6)31(21-25-12-14-26(15-13-25)32-18-16-27(23-44-32)39(40,41)42)34-35(49-37(3,4)5)30-22-29(17-19-33(30)45-34)48-24-28-11-9-10-20-43-28/h9-20,22-23,31,45H,7-8,21,24H2,1-6H3. The Balaban J connectivity index is 1.57. The van der Waals surface area contributed by atoms with Gasteiger partial charge in [0.15, 0.2) is 0 Å². The molecule has 0 aliphatic rings. The van der Waals surface area contributed by atoms with Crippen molar-refractivity contribution in [3.05, 3.63) is 108 Å². The van der Waals surface area contributed by atoms with Gasteiger partial charge in [0.2, 0.25) is 0 Å². The van der Waals surface area contributed by atoms with Crippen molar-refractivity contribution < 1.29 is 22.7 Å². The lowest BCUT2D eigenvalue weighted by molar-refractivity contribution is -0.155. The lowest BCUT2D eigenvalue weighted by Crippen LogP contribution is -2.39. The van der Waals surface area contributed by atoms with Crippen molar-refractivity contribution >= 4 is 40.4 Å². The van der Waals surface area contributed by atoms with Crippen molar-refractivity contribution in [2.24, 2.45) is 5.41 Å². The lowest BCUT2D eigenvalue weighted by atomic mass is 9.67. The van der Waals surface area contributed by atoms with E-state index in [9.17, 15) is 18.0 Å². The van der Waals surface area contributed by atoms with Gasteiger partial charge in [0.1, 0.15) is 0 Å². The number of hydrogen-bond donors (Lipinski definition) is 1. The van der Waals surface area contributed by atoms with Gasteiger partial charge in [-0.15, -0.1) is 23.5 Å². The molecule has 5 aromatic rings. The van der Waals surface area contributed by atoms with Gasteiger partial charge in [-0.05, 0) is 67.3 Å². The minimum Gasteiger partial charge on any atom is -0.469 e. The van der Waals surface area contributed by atoms with Crippen LogP contribution in [0.5, 0.6) is 0 Å². The molecular formula is C39H42F3N3O2S2. The summed E-state index contributed by atoms with van der Waals surface area (Å²) < 4.78 is 44.7. The van der Waals surface area contributed by atoms with Crippen molar-refractivity contribution in [1.29, 1.82) is 0 Å². The number of carbonyl (C=O) groups is 1. The summed E-state index contributed by atoms with van der Waals surface area (Å²) in [5.74, 6) is 0.250. The van der Waals surface area contributed by atoms with E-state index in [0.717, 1.165) is 55.7 Å². The molecule has 49 heavy (non-hydrogen) atoms. The molecule has 3 heterocycles. The molecule has 0 aliphatic heterocycles. The summed E-state index contributed by atoms with van der Waals surface area (Å²) in [5, 5.41) is 1.11. The van der Waals surface area contributed by atoms with Crippen molar-refractivity contribution in [3.8, 4) is 11.3 Å². The highest BCUT2D eigenvalue weighted by Crippen LogP contribution is 2.51. The fraction of sp³-hybridized carbons (Fsp3) is 0.359. The fourth-order valence-electron chi connectivity index (χ4n) is 6.29. The van der Waals surface area contributed by atoms with Gasteiger partial charge < -0.3 is 9.72 Å². The number of H-pyrrole nitrogens is 1. The number of esters is 1. The first-order valence-electron chi connectivity index (χ1n) is 16.4. The summed E-state index contributed by atoms with van der Waals surface area (Å²) in [4.78, 5) is 28.3. The van der Waals surface area contributed by atoms with Crippen LogP contribution in [0.15, 0.2) is 95.0 Å². The van der Waals surface area contributed by atoms with Crippen LogP contribution in [0.3, 0.4) is 0 Å². The van der Waals surface area contributed by atoms with Crippen LogP contribution in [-0.2, 0) is 27.9 Å². The number of aromatic amines is 1. The first-order valence-corrected chi connectivity index (χ1v) is 18.2. The second kappa shape index (κ2) is 15.0. The van der Waals surface area contributed by atoms with Gasteiger partial charge in [-0.1, -0.05) is 65.0 Å². The monoisotopic (exact) mass is 705 g/mol. The molecule has 0 fully saturated rings. The largest absolute Gasteiger partial charge is 0.469 e. The second-order valence-corrected chi connectivity index (χ2v) is 16.0. The van der Waals surface area contributed by atoms with Gasteiger partial charge in [-0.2, -0.15) is 13.2 Å². The van der Waals surface area contributed by atoms with Crippen LogP contribution in [0.2, 0.25) is 0 Å². The Hall–Kier alpha value is -3.76. The maximum atomic E-state index is 13.8. The number of alkyl halides is 3. The van der Waals surface area contributed by atoms with Gasteiger partial charge in [0.25, 0.3) is 0 Å². The number of rotatable bonds is 12. The molecule has 0 saturated heterocycles. The molecule has 2 aromatic carbocycles. The number of pyridine rings is 2. The van der Waals surface area contributed by atoms with Crippen LogP contribution in [0, 0.1) is 5.41 Å². The normalized spacial score (nSPS) is 13.1. The molecule has 0 bridgehead atoms. The number of halogens is 3. The second-order valence-electron chi connectivity index (χ2n) is 13.1. The number of hydrogen-bond acceptors (Lipinski definition) is 6. The molecule has 5 nitrogen and oxygen atoms in total. The minimum absolute atomic E-state index is 0.117. The van der Waals surface area contributed by atoms with Gasteiger partial charge in [-0.3, -0.25) is 14.8 Å². The van der Waals surface area contributed by atoms with Crippen LogP contribution < -0.4 is 0 Å². The number of thioether (sulfide) groups is 2. The number of benzene rings is 2. The first-order chi connectivity index (χ1) is 23.3. The van der Waals surface area contributed by atoms with Crippen LogP contribution in [0.25, 0.3) is 22.2 Å². The Morgan fingerprint density at radius 2 is 1.67 bits per heavy atom. The predicted octanol–water partition coefficient (Wildman–Crippen LogP) is 11.1. The highest BCUT2D eigenvalue weighted by Gasteiger charge is 2.46. The zero-order valence-electron chi connectivity index (χ0n) is 28.6. The number of aromatic nitrogens is 3. The van der Waals surface area contributed by atoms with Crippen LogP contribution >= 0.6 is 23.5 Å². The van der Waals surface area contributed by atoms with Crippen LogP contribution in [0.1, 0.15) is 75.9 Å². The first kappa shape index (κ1) is 36.5. The van der Waals surface area contributed by atoms with E-state index in [1.807, 2.05) is 62.5 Å². The van der Waals surface area contributed by atoms with Gasteiger partial charge in [0, 0.05) is 60.8 Å². The molecule has 0 amide bonds. The lowest BCUT2D eigenvalue weighted by Gasteiger charge is -2.37. The van der Waals surface area contributed by atoms with E-state index in [1.165, 1.54) is 13.2 Å². The molecule has 5 rings (SSSR count). The smallest absolute Gasteiger partial charge is 0.417 e. The third kappa shape index (κ3) is 8.35. The zero-order chi connectivity index (χ0) is 35.4. The molecule has 10 heteroatoms. The molecule has 0 radical (unpaired) electrons. The molecular weight excluding hydrogens is 664 g/mol. The quantitative estimate of drug-likeness (QED) is 0.103. The third-order valence-corrected chi connectivity index (χ3v) is 11.2. The van der Waals surface area contributed by atoms with E-state index in [-0.39, 0.29) is 16.6 Å². The molecule has 0 spiro atoms. The maximum absolute atomic E-state index is 13.8. The molecule has 1 N–H and O–H groups in total. The number of nitrogens with zero attached hydrogens (tertiary/aromatic N) is 2. The summed E-state index contributed by atoms with van der Waals surface area (Å²) >= 11 is 3.53. The van der Waals surface area contributed by atoms with E-state index in [0.29, 0.717) is 30.5 Å². The topological polar surface area (TPSA) is 67.9 Å². The van der Waals surface area contributed by atoms with Crippen molar-refractivity contribution in [3.63, 3.8) is 0 Å². The summed E-state index contributed by atoms with van der Waals surface area (Å²) in [5.41, 5.74) is 3.59. The Kier molecular flexibility index (Phi) is 11.2. The fourth-order valence-corrected chi connectivity index (χ4v) is 8.33. The average Bonchev–Trinajstić information content (AvgIpc) is 3.43. The van der Waals surface area contributed by atoms with Gasteiger partial charge in [0.05, 0.1) is 29.5 Å². The van der Waals surface area contributed by atoms with E-state index in [2.05, 4.69) is 53.9 Å². The molecule has 0 aliphatic carbocycles. The Labute approximate surface area is 294 Å². The summed E-state index contributed by atoms with van der Waals surface area (Å²) in [6.07, 6.45) is -0.0719. The number of nitrogens with one attached hydrogen (secondary N) is 1. The average molecular weight is 706 g/mol. The molecule has 1 atom stereocenters. The van der Waals surface area contributed by atoms with E-state index in [4.69, 9.17) is 4.74 Å². The molecule has 3 aromatic heterocycles. The number of fused-ring (bicyclic) bond motifs is 1. The Morgan fingerprint density at radius 3 is 2.24 bits per heavy atom. The van der Waals surface area contributed by atoms with E-state index in [1.54, 1.807) is 23.5 Å². The van der Waals surface area contributed by atoms with Gasteiger partial charge >= 0.3 is 12.1 Å². The maximum Gasteiger partial charge on any atom is 0.417 e. The predicted molar refractivity (Wildman–Crippen MR) is 194 cm³/mol. The van der Waals surface area contributed by atoms with E-state index >= 15 is 0 Å². The third-order valence-electron chi connectivity index (χ3n) is 8.92. The van der Waals surface area contributed by atoms with Crippen molar-refractivity contribution in [2.75, 3.05) is 7.11 Å². The van der Waals surface area contributed by atoms with E-state index < -0.39 is 17.2 Å². The van der Waals surface area contributed by atoms with Crippen molar-refractivity contribution in [2.45, 2.75) is 86.3 Å². The Bertz CT molecular complexity index is 1860.